The van der Waals surface area contributed by atoms with Gasteiger partial charge in [0.2, 0.25) is 0 Å². The van der Waals surface area contributed by atoms with Crippen molar-refractivity contribution in [3.63, 3.8) is 0 Å². The normalized spacial score (nSPS) is 12.6. The second-order valence-electron chi connectivity index (χ2n) is 2.39. The highest BCUT2D eigenvalue weighted by molar-refractivity contribution is 4.55. The Balaban J connectivity index is 3.07. The molecule has 0 radical (unpaired) electrons. The summed E-state index contributed by atoms with van der Waals surface area (Å²) in [5, 5.41) is 0. The second kappa shape index (κ2) is 6.62. The van der Waals surface area contributed by atoms with E-state index in [1.807, 2.05) is 6.92 Å². The molecule has 2 nitrogen and oxygen atoms in total. The van der Waals surface area contributed by atoms with E-state index in [1.54, 1.807) is 6.20 Å². The molecular formula is C8H17NO. The average molecular weight is 143 g/mol. The molecule has 0 aromatic carbocycles. The summed E-state index contributed by atoms with van der Waals surface area (Å²) in [4.78, 5) is 5.13. The predicted octanol–water partition coefficient (Wildman–Crippen LogP) is 2.23. The fourth-order valence-corrected chi connectivity index (χ4v) is 0.715. The molecular weight excluding hydrogens is 126 g/mol. The van der Waals surface area contributed by atoms with Crippen LogP contribution in [0, 0.1) is 0 Å². The Labute approximate surface area is 63.2 Å². The molecule has 0 aliphatic heterocycles. The lowest BCUT2D eigenvalue weighted by atomic mass is 10.2. The third-order valence-corrected chi connectivity index (χ3v) is 1.32. The van der Waals surface area contributed by atoms with Crippen LogP contribution in [0.25, 0.3) is 0 Å². The van der Waals surface area contributed by atoms with Gasteiger partial charge in [-0.15, -0.1) is 0 Å². The predicted molar refractivity (Wildman–Crippen MR) is 43.4 cm³/mol. The van der Waals surface area contributed by atoms with E-state index in [0.29, 0.717) is 0 Å². The van der Waals surface area contributed by atoms with Crippen LogP contribution in [0.3, 0.4) is 0 Å². The van der Waals surface area contributed by atoms with Gasteiger partial charge in [0.1, 0.15) is 0 Å². The molecule has 1 atom stereocenters. The molecule has 0 bridgehead atoms. The summed E-state index contributed by atoms with van der Waals surface area (Å²) < 4.78 is 0. The van der Waals surface area contributed by atoms with Gasteiger partial charge >= 0.3 is 0 Å². The van der Waals surface area contributed by atoms with Gasteiger partial charge in [0, 0.05) is 6.20 Å². The zero-order chi connectivity index (χ0) is 7.82. The quantitative estimate of drug-likeness (QED) is 0.576. The Morgan fingerprint density at radius 3 is 2.90 bits per heavy atom. The molecule has 0 aromatic rings. The standard InChI is InChI=1S/C8H17NO/c1-4-6-7-8(3)10-9-5-2/h5,8-9H,2,4,6-7H2,1,3H3. The topological polar surface area (TPSA) is 21.3 Å². The summed E-state index contributed by atoms with van der Waals surface area (Å²) in [5.41, 5.74) is 2.62. The van der Waals surface area contributed by atoms with E-state index in [-0.39, 0.29) is 6.10 Å². The second-order valence-corrected chi connectivity index (χ2v) is 2.39. The van der Waals surface area contributed by atoms with Gasteiger partial charge < -0.3 is 0 Å². The van der Waals surface area contributed by atoms with Crippen LogP contribution in [-0.2, 0) is 4.84 Å². The molecule has 0 amide bonds. The first-order chi connectivity index (χ1) is 4.81. The van der Waals surface area contributed by atoms with E-state index < -0.39 is 0 Å². The van der Waals surface area contributed by atoms with Gasteiger partial charge in [-0.3, -0.25) is 10.3 Å². The van der Waals surface area contributed by atoms with Crippen LogP contribution in [0.2, 0.25) is 0 Å². The van der Waals surface area contributed by atoms with Crippen molar-refractivity contribution >= 4 is 0 Å². The van der Waals surface area contributed by atoms with Crippen LogP contribution in [0.5, 0.6) is 0 Å². The first kappa shape index (κ1) is 9.50. The SMILES string of the molecule is C=CNOC(C)CCCC. The molecule has 0 saturated carbocycles. The Bertz CT molecular complexity index is 83.3. The fraction of sp³-hybridized carbons (Fsp3) is 0.750. The van der Waals surface area contributed by atoms with Crippen molar-refractivity contribution in [1.82, 2.24) is 5.48 Å². The summed E-state index contributed by atoms with van der Waals surface area (Å²) in [7, 11) is 0. The monoisotopic (exact) mass is 143 g/mol. The van der Waals surface area contributed by atoms with Crippen molar-refractivity contribution in [1.29, 1.82) is 0 Å². The molecule has 0 rings (SSSR count). The number of unbranched alkanes of at least 4 members (excludes halogenated alkanes) is 1. The van der Waals surface area contributed by atoms with Gasteiger partial charge in [-0.05, 0) is 13.3 Å². The summed E-state index contributed by atoms with van der Waals surface area (Å²) in [5.74, 6) is 0. The minimum absolute atomic E-state index is 0.290. The van der Waals surface area contributed by atoms with Crippen LogP contribution in [0.15, 0.2) is 12.8 Å². The molecule has 0 heterocycles. The van der Waals surface area contributed by atoms with Crippen molar-refractivity contribution in [2.24, 2.45) is 0 Å². The third kappa shape index (κ3) is 5.63. The molecule has 1 N–H and O–H groups in total. The van der Waals surface area contributed by atoms with E-state index in [0.717, 1.165) is 6.42 Å². The molecule has 10 heavy (non-hydrogen) atoms. The Morgan fingerprint density at radius 2 is 2.40 bits per heavy atom. The van der Waals surface area contributed by atoms with Gasteiger partial charge in [-0.25, -0.2) is 0 Å². The highest BCUT2D eigenvalue weighted by Crippen LogP contribution is 2.01. The maximum atomic E-state index is 5.13. The average Bonchev–Trinajstić information content (AvgIpc) is 1.97. The number of hydroxylamine groups is 1. The lowest BCUT2D eigenvalue weighted by Crippen LogP contribution is -2.16. The maximum Gasteiger partial charge on any atom is 0.0825 e. The fourth-order valence-electron chi connectivity index (χ4n) is 0.715. The first-order valence-corrected chi connectivity index (χ1v) is 3.83. The number of nitrogens with one attached hydrogen (secondary N) is 1. The van der Waals surface area contributed by atoms with Gasteiger partial charge in [-0.2, -0.15) is 0 Å². The molecule has 60 valence electrons. The van der Waals surface area contributed by atoms with E-state index in [2.05, 4.69) is 19.0 Å². The molecule has 0 aliphatic carbocycles. The smallest absolute Gasteiger partial charge is 0.0825 e. The van der Waals surface area contributed by atoms with Crippen molar-refractivity contribution in [3.8, 4) is 0 Å². The molecule has 2 heteroatoms. The molecule has 0 fully saturated rings. The highest BCUT2D eigenvalue weighted by atomic mass is 16.7. The van der Waals surface area contributed by atoms with Crippen LogP contribution >= 0.6 is 0 Å². The van der Waals surface area contributed by atoms with Crippen molar-refractivity contribution in [2.75, 3.05) is 0 Å². The third-order valence-electron chi connectivity index (χ3n) is 1.32. The van der Waals surface area contributed by atoms with E-state index in [1.165, 1.54) is 12.8 Å². The zero-order valence-corrected chi connectivity index (χ0v) is 6.89. The van der Waals surface area contributed by atoms with E-state index >= 15 is 0 Å². The number of hydrogen-bond donors (Lipinski definition) is 1. The lowest BCUT2D eigenvalue weighted by Gasteiger charge is -2.10. The van der Waals surface area contributed by atoms with E-state index in [9.17, 15) is 0 Å². The Hall–Kier alpha value is -0.500. The highest BCUT2D eigenvalue weighted by Gasteiger charge is 1.98. The summed E-state index contributed by atoms with van der Waals surface area (Å²) >= 11 is 0. The van der Waals surface area contributed by atoms with Gasteiger partial charge in [0.25, 0.3) is 0 Å². The van der Waals surface area contributed by atoms with Crippen molar-refractivity contribution in [2.45, 2.75) is 39.2 Å². The van der Waals surface area contributed by atoms with Crippen molar-refractivity contribution < 1.29 is 4.84 Å². The molecule has 0 aliphatic rings. The van der Waals surface area contributed by atoms with Crippen LogP contribution in [0.4, 0.5) is 0 Å². The Kier molecular flexibility index (Phi) is 6.29. The van der Waals surface area contributed by atoms with Crippen molar-refractivity contribution in [3.05, 3.63) is 12.8 Å². The summed E-state index contributed by atoms with van der Waals surface area (Å²) in [6, 6.07) is 0. The van der Waals surface area contributed by atoms with Gasteiger partial charge in [0.15, 0.2) is 0 Å². The number of hydrogen-bond acceptors (Lipinski definition) is 2. The van der Waals surface area contributed by atoms with E-state index in [4.69, 9.17) is 4.84 Å². The van der Waals surface area contributed by atoms with Gasteiger partial charge in [-0.1, -0.05) is 26.3 Å². The van der Waals surface area contributed by atoms with Crippen LogP contribution < -0.4 is 5.48 Å². The van der Waals surface area contributed by atoms with Crippen LogP contribution in [0.1, 0.15) is 33.1 Å². The lowest BCUT2D eigenvalue weighted by molar-refractivity contribution is 0.00466. The largest absolute Gasteiger partial charge is 0.275 e. The molecule has 1 unspecified atom stereocenters. The molecule has 0 spiro atoms. The first-order valence-electron chi connectivity index (χ1n) is 3.83. The molecule has 0 aromatic heterocycles. The number of rotatable bonds is 6. The summed E-state index contributed by atoms with van der Waals surface area (Å²) in [6.07, 6.45) is 5.39. The zero-order valence-electron chi connectivity index (χ0n) is 6.89. The minimum atomic E-state index is 0.290. The summed E-state index contributed by atoms with van der Waals surface area (Å²) in [6.45, 7) is 7.70. The van der Waals surface area contributed by atoms with Crippen LogP contribution in [-0.4, -0.2) is 6.10 Å². The molecule has 0 saturated heterocycles. The van der Waals surface area contributed by atoms with Gasteiger partial charge in [0.05, 0.1) is 6.10 Å². The Morgan fingerprint density at radius 1 is 1.70 bits per heavy atom. The minimum Gasteiger partial charge on any atom is -0.275 e. The maximum absolute atomic E-state index is 5.13.